The van der Waals surface area contributed by atoms with Gasteiger partial charge in [0.1, 0.15) is 11.9 Å². The average molecular weight is 194 g/mol. The molecule has 0 saturated heterocycles. The number of aliphatic hydroxyl groups is 1. The van der Waals surface area contributed by atoms with Crippen LogP contribution in [0.5, 0.6) is 0 Å². The molecule has 1 atom stereocenters. The normalized spacial score (nSPS) is 21.0. The van der Waals surface area contributed by atoms with Crippen molar-refractivity contribution in [1.82, 2.24) is 0 Å². The largest absolute Gasteiger partial charge is 0.466 e. The van der Waals surface area contributed by atoms with Crippen molar-refractivity contribution >= 4 is 0 Å². The second-order valence-corrected chi connectivity index (χ2v) is 4.31. The third kappa shape index (κ3) is 1.85. The fourth-order valence-electron chi connectivity index (χ4n) is 2.35. The SMILES string of the molecule is Cc1ccoc1C(O)C1CCCCC1. The molecule has 1 fully saturated rings. The lowest BCUT2D eigenvalue weighted by Gasteiger charge is -2.25. The number of hydrogen-bond acceptors (Lipinski definition) is 2. The Bertz CT molecular complexity index is 284. The van der Waals surface area contributed by atoms with Gasteiger partial charge >= 0.3 is 0 Å². The van der Waals surface area contributed by atoms with E-state index in [0.29, 0.717) is 5.92 Å². The van der Waals surface area contributed by atoms with Crippen molar-refractivity contribution < 1.29 is 9.52 Å². The second kappa shape index (κ2) is 4.18. The average Bonchev–Trinajstić information content (AvgIpc) is 2.65. The van der Waals surface area contributed by atoms with Gasteiger partial charge in [-0.15, -0.1) is 0 Å². The van der Waals surface area contributed by atoms with Crippen LogP contribution in [0.25, 0.3) is 0 Å². The Hall–Kier alpha value is -0.760. The molecule has 0 aliphatic heterocycles. The van der Waals surface area contributed by atoms with E-state index >= 15 is 0 Å². The molecule has 2 heteroatoms. The van der Waals surface area contributed by atoms with Crippen LogP contribution in [0.15, 0.2) is 16.7 Å². The summed E-state index contributed by atoms with van der Waals surface area (Å²) in [4.78, 5) is 0. The molecule has 0 spiro atoms. The molecule has 1 N–H and O–H groups in total. The highest BCUT2D eigenvalue weighted by atomic mass is 16.4. The van der Waals surface area contributed by atoms with E-state index < -0.39 is 0 Å². The van der Waals surface area contributed by atoms with Crippen molar-refractivity contribution in [2.24, 2.45) is 5.92 Å². The summed E-state index contributed by atoms with van der Waals surface area (Å²) in [5.41, 5.74) is 1.07. The number of aliphatic hydroxyl groups excluding tert-OH is 1. The molecular formula is C12H18O2. The monoisotopic (exact) mass is 194 g/mol. The van der Waals surface area contributed by atoms with Crippen LogP contribution in [-0.4, -0.2) is 5.11 Å². The van der Waals surface area contributed by atoms with Gasteiger partial charge in [-0.25, -0.2) is 0 Å². The first-order valence-corrected chi connectivity index (χ1v) is 5.51. The van der Waals surface area contributed by atoms with E-state index in [2.05, 4.69) is 0 Å². The van der Waals surface area contributed by atoms with Crippen LogP contribution in [0.2, 0.25) is 0 Å². The zero-order valence-corrected chi connectivity index (χ0v) is 8.70. The van der Waals surface area contributed by atoms with E-state index in [1.165, 1.54) is 19.3 Å². The highest BCUT2D eigenvalue weighted by Crippen LogP contribution is 2.35. The summed E-state index contributed by atoms with van der Waals surface area (Å²) in [6.07, 6.45) is 7.38. The number of aryl methyl sites for hydroxylation is 1. The van der Waals surface area contributed by atoms with Gasteiger partial charge in [0.25, 0.3) is 0 Å². The summed E-state index contributed by atoms with van der Waals surface area (Å²) in [5, 5.41) is 10.1. The zero-order valence-electron chi connectivity index (χ0n) is 8.70. The molecule has 1 unspecified atom stereocenters. The Balaban J connectivity index is 2.07. The molecule has 14 heavy (non-hydrogen) atoms. The number of furan rings is 1. The minimum Gasteiger partial charge on any atom is -0.466 e. The van der Waals surface area contributed by atoms with Crippen LogP contribution in [0.3, 0.4) is 0 Å². The van der Waals surface area contributed by atoms with Gasteiger partial charge in [0, 0.05) is 0 Å². The Morgan fingerprint density at radius 2 is 2.07 bits per heavy atom. The summed E-state index contributed by atoms with van der Waals surface area (Å²) in [6.45, 7) is 1.99. The molecule has 2 rings (SSSR count). The van der Waals surface area contributed by atoms with Crippen molar-refractivity contribution in [2.75, 3.05) is 0 Å². The van der Waals surface area contributed by atoms with Crippen LogP contribution in [0.4, 0.5) is 0 Å². The van der Waals surface area contributed by atoms with Crippen molar-refractivity contribution in [3.05, 3.63) is 23.7 Å². The molecule has 1 aromatic rings. The summed E-state index contributed by atoms with van der Waals surface area (Å²) in [5.74, 6) is 1.19. The molecule has 1 saturated carbocycles. The van der Waals surface area contributed by atoms with E-state index in [0.717, 1.165) is 24.2 Å². The molecule has 0 aromatic carbocycles. The summed E-state index contributed by atoms with van der Waals surface area (Å²) in [7, 11) is 0. The van der Waals surface area contributed by atoms with E-state index in [1.807, 2.05) is 13.0 Å². The van der Waals surface area contributed by atoms with Crippen molar-refractivity contribution in [3.63, 3.8) is 0 Å². The van der Waals surface area contributed by atoms with Gasteiger partial charge < -0.3 is 9.52 Å². The molecule has 1 aliphatic carbocycles. The first-order chi connectivity index (χ1) is 6.79. The Labute approximate surface area is 84.9 Å². The van der Waals surface area contributed by atoms with Gasteiger partial charge in [-0.1, -0.05) is 19.3 Å². The maximum atomic E-state index is 10.1. The van der Waals surface area contributed by atoms with Crippen LogP contribution < -0.4 is 0 Å². The van der Waals surface area contributed by atoms with Gasteiger partial charge in [-0.3, -0.25) is 0 Å². The van der Waals surface area contributed by atoms with Gasteiger partial charge in [-0.05, 0) is 37.3 Å². The van der Waals surface area contributed by atoms with Crippen LogP contribution in [0, 0.1) is 12.8 Å². The third-order valence-corrected chi connectivity index (χ3v) is 3.27. The molecule has 1 aliphatic rings. The predicted octanol–water partition coefficient (Wildman–Crippen LogP) is 3.20. The third-order valence-electron chi connectivity index (χ3n) is 3.27. The van der Waals surface area contributed by atoms with Gasteiger partial charge in [0.15, 0.2) is 0 Å². The summed E-state index contributed by atoms with van der Waals surface area (Å²) >= 11 is 0. The van der Waals surface area contributed by atoms with E-state index in [1.54, 1.807) is 6.26 Å². The van der Waals surface area contributed by atoms with Crippen LogP contribution in [0.1, 0.15) is 49.5 Å². The zero-order chi connectivity index (χ0) is 9.97. The number of rotatable bonds is 2. The molecular weight excluding hydrogens is 176 g/mol. The lowest BCUT2D eigenvalue weighted by molar-refractivity contribution is 0.0647. The Kier molecular flexibility index (Phi) is 2.92. The van der Waals surface area contributed by atoms with Crippen LogP contribution in [-0.2, 0) is 0 Å². The summed E-state index contributed by atoms with van der Waals surface area (Å²) in [6, 6.07) is 1.92. The van der Waals surface area contributed by atoms with Crippen molar-refractivity contribution in [2.45, 2.75) is 45.1 Å². The topological polar surface area (TPSA) is 33.4 Å². The van der Waals surface area contributed by atoms with Crippen molar-refractivity contribution in [3.8, 4) is 0 Å². The lowest BCUT2D eigenvalue weighted by Crippen LogP contribution is -2.16. The minimum absolute atomic E-state index is 0.384. The summed E-state index contributed by atoms with van der Waals surface area (Å²) < 4.78 is 5.33. The molecule has 0 radical (unpaired) electrons. The maximum Gasteiger partial charge on any atom is 0.135 e. The maximum absolute atomic E-state index is 10.1. The fraction of sp³-hybridized carbons (Fsp3) is 0.667. The molecule has 0 bridgehead atoms. The van der Waals surface area contributed by atoms with E-state index in [-0.39, 0.29) is 6.10 Å². The van der Waals surface area contributed by atoms with Crippen LogP contribution >= 0.6 is 0 Å². The van der Waals surface area contributed by atoms with Gasteiger partial charge in [-0.2, -0.15) is 0 Å². The molecule has 78 valence electrons. The fourth-order valence-corrected chi connectivity index (χ4v) is 2.35. The highest BCUT2D eigenvalue weighted by Gasteiger charge is 2.26. The first-order valence-electron chi connectivity index (χ1n) is 5.51. The van der Waals surface area contributed by atoms with Crippen molar-refractivity contribution in [1.29, 1.82) is 0 Å². The first kappa shape index (κ1) is 9.78. The molecule has 0 amide bonds. The van der Waals surface area contributed by atoms with E-state index in [9.17, 15) is 5.11 Å². The van der Waals surface area contributed by atoms with E-state index in [4.69, 9.17) is 4.42 Å². The lowest BCUT2D eigenvalue weighted by atomic mass is 9.84. The van der Waals surface area contributed by atoms with Gasteiger partial charge in [0.05, 0.1) is 6.26 Å². The van der Waals surface area contributed by atoms with Gasteiger partial charge in [0.2, 0.25) is 0 Å². The number of hydrogen-bond donors (Lipinski definition) is 1. The molecule has 2 nitrogen and oxygen atoms in total. The molecule has 1 heterocycles. The Morgan fingerprint density at radius 1 is 1.36 bits per heavy atom. The molecule has 1 aromatic heterocycles. The predicted molar refractivity (Wildman–Crippen MR) is 55.0 cm³/mol. The smallest absolute Gasteiger partial charge is 0.135 e. The second-order valence-electron chi connectivity index (χ2n) is 4.31. The minimum atomic E-state index is -0.384. The quantitative estimate of drug-likeness (QED) is 0.784. The highest BCUT2D eigenvalue weighted by molar-refractivity contribution is 5.17. The standard InChI is InChI=1S/C12H18O2/c1-9-7-8-14-12(9)11(13)10-5-3-2-4-6-10/h7-8,10-11,13H,2-6H2,1H3. The Morgan fingerprint density at radius 3 is 2.64 bits per heavy atom.